The van der Waals surface area contributed by atoms with Crippen molar-refractivity contribution in [3.8, 4) is 23.0 Å². The summed E-state index contributed by atoms with van der Waals surface area (Å²) in [6.07, 6.45) is 0.145. The minimum atomic E-state index is -0.346. The fourth-order valence-electron chi connectivity index (χ4n) is 2.37. The van der Waals surface area contributed by atoms with Crippen LogP contribution in [0.4, 0.5) is 0 Å². The van der Waals surface area contributed by atoms with Gasteiger partial charge in [0, 0.05) is 5.56 Å². The molecule has 0 saturated carbocycles. The molecule has 0 radical (unpaired) electrons. The van der Waals surface area contributed by atoms with E-state index in [1.54, 1.807) is 31.4 Å². The van der Waals surface area contributed by atoms with Crippen molar-refractivity contribution in [3.63, 3.8) is 0 Å². The van der Waals surface area contributed by atoms with Gasteiger partial charge in [-0.05, 0) is 42.5 Å². The van der Waals surface area contributed by atoms with Gasteiger partial charge in [-0.3, -0.25) is 4.79 Å². The Bertz CT molecular complexity index is 826. The Morgan fingerprint density at radius 3 is 2.08 bits per heavy atom. The fraction of sp³-hybridized carbons (Fsp3) is 0.0952. The van der Waals surface area contributed by atoms with Gasteiger partial charge < -0.3 is 14.2 Å². The Balaban J connectivity index is 1.60. The van der Waals surface area contributed by atoms with Gasteiger partial charge in [0.05, 0.1) is 13.5 Å². The second-order valence-electron chi connectivity index (χ2n) is 5.35. The molecule has 0 N–H and O–H groups in total. The zero-order valence-electron chi connectivity index (χ0n) is 13.8. The van der Waals surface area contributed by atoms with Gasteiger partial charge >= 0.3 is 5.97 Å². The summed E-state index contributed by atoms with van der Waals surface area (Å²) in [4.78, 5) is 12.1. The van der Waals surface area contributed by atoms with Crippen LogP contribution >= 0.6 is 0 Å². The molecule has 25 heavy (non-hydrogen) atoms. The maximum atomic E-state index is 12.1. The lowest BCUT2D eigenvalue weighted by molar-refractivity contribution is -0.133. The van der Waals surface area contributed by atoms with Crippen molar-refractivity contribution in [2.24, 2.45) is 0 Å². The van der Waals surface area contributed by atoms with Crippen molar-refractivity contribution in [1.82, 2.24) is 0 Å². The van der Waals surface area contributed by atoms with E-state index in [0.29, 0.717) is 17.2 Å². The van der Waals surface area contributed by atoms with Crippen molar-refractivity contribution in [3.05, 3.63) is 84.4 Å². The Labute approximate surface area is 146 Å². The monoisotopic (exact) mass is 334 g/mol. The van der Waals surface area contributed by atoms with Crippen LogP contribution in [0.2, 0.25) is 0 Å². The maximum Gasteiger partial charge on any atom is 0.315 e. The zero-order valence-corrected chi connectivity index (χ0v) is 13.8. The first-order chi connectivity index (χ1) is 12.2. The quantitative estimate of drug-likeness (QED) is 0.487. The molecular formula is C21H18O4. The summed E-state index contributed by atoms with van der Waals surface area (Å²) in [6, 6.07) is 23.8. The molecule has 0 saturated heterocycles. The first-order valence-corrected chi connectivity index (χ1v) is 7.90. The number of carbonyl (C=O) groups is 1. The number of methoxy groups -OCH3 is 1. The summed E-state index contributed by atoms with van der Waals surface area (Å²) >= 11 is 0. The van der Waals surface area contributed by atoms with Gasteiger partial charge in [0.1, 0.15) is 23.0 Å². The minimum absolute atomic E-state index is 0.145. The van der Waals surface area contributed by atoms with E-state index in [9.17, 15) is 4.79 Å². The van der Waals surface area contributed by atoms with Crippen LogP contribution in [0.1, 0.15) is 5.56 Å². The molecule has 0 aliphatic rings. The second kappa shape index (κ2) is 8.02. The molecule has 0 unspecified atom stereocenters. The molecule has 0 heterocycles. The summed E-state index contributed by atoms with van der Waals surface area (Å²) < 4.78 is 16.3. The fourth-order valence-corrected chi connectivity index (χ4v) is 2.37. The molecule has 0 bridgehead atoms. The summed E-state index contributed by atoms with van der Waals surface area (Å²) in [6.45, 7) is 0. The van der Waals surface area contributed by atoms with E-state index in [1.807, 2.05) is 54.6 Å². The molecule has 0 spiro atoms. The second-order valence-corrected chi connectivity index (χ2v) is 5.35. The van der Waals surface area contributed by atoms with Crippen molar-refractivity contribution in [2.45, 2.75) is 6.42 Å². The molecule has 4 nitrogen and oxygen atoms in total. The van der Waals surface area contributed by atoms with Gasteiger partial charge in [-0.1, -0.05) is 36.4 Å². The van der Waals surface area contributed by atoms with Crippen LogP contribution in [0, 0.1) is 0 Å². The largest absolute Gasteiger partial charge is 0.496 e. The van der Waals surface area contributed by atoms with Crippen LogP contribution in [0.5, 0.6) is 23.0 Å². The highest BCUT2D eigenvalue weighted by Gasteiger charge is 2.10. The zero-order chi connectivity index (χ0) is 17.5. The molecule has 0 aliphatic carbocycles. The summed E-state index contributed by atoms with van der Waals surface area (Å²) in [5.74, 6) is 2.23. The van der Waals surface area contributed by atoms with Gasteiger partial charge in [-0.15, -0.1) is 0 Å². The number of ether oxygens (including phenoxy) is 3. The SMILES string of the molecule is COc1ccccc1CC(=O)Oc1ccc(Oc2ccccc2)cc1. The molecule has 0 amide bonds. The predicted octanol–water partition coefficient (Wildman–Crippen LogP) is 4.64. The number of para-hydroxylation sites is 2. The molecular weight excluding hydrogens is 316 g/mol. The Morgan fingerprint density at radius 1 is 0.760 bits per heavy atom. The predicted molar refractivity (Wildman–Crippen MR) is 95.3 cm³/mol. The van der Waals surface area contributed by atoms with Crippen LogP contribution in [-0.4, -0.2) is 13.1 Å². The number of esters is 1. The Hall–Kier alpha value is -3.27. The van der Waals surface area contributed by atoms with E-state index < -0.39 is 0 Å². The highest BCUT2D eigenvalue weighted by Crippen LogP contribution is 2.24. The third-order valence-electron chi connectivity index (χ3n) is 3.56. The van der Waals surface area contributed by atoms with Gasteiger partial charge in [0.15, 0.2) is 0 Å². The van der Waals surface area contributed by atoms with E-state index in [4.69, 9.17) is 14.2 Å². The van der Waals surface area contributed by atoms with Crippen molar-refractivity contribution < 1.29 is 19.0 Å². The molecule has 126 valence electrons. The Morgan fingerprint density at radius 2 is 1.36 bits per heavy atom. The summed E-state index contributed by atoms with van der Waals surface area (Å²) in [7, 11) is 1.58. The lowest BCUT2D eigenvalue weighted by atomic mass is 10.1. The van der Waals surface area contributed by atoms with E-state index in [2.05, 4.69) is 0 Å². The lowest BCUT2D eigenvalue weighted by Crippen LogP contribution is -2.11. The highest BCUT2D eigenvalue weighted by atomic mass is 16.5. The summed E-state index contributed by atoms with van der Waals surface area (Å²) in [5, 5.41) is 0. The molecule has 0 aliphatic heterocycles. The Kier molecular flexibility index (Phi) is 5.32. The highest BCUT2D eigenvalue weighted by molar-refractivity contribution is 5.76. The number of benzene rings is 3. The van der Waals surface area contributed by atoms with Crippen LogP contribution in [0.3, 0.4) is 0 Å². The normalized spacial score (nSPS) is 10.1. The van der Waals surface area contributed by atoms with Crippen LogP contribution in [-0.2, 0) is 11.2 Å². The third kappa shape index (κ3) is 4.61. The molecule has 0 atom stereocenters. The number of hydrogen-bond donors (Lipinski definition) is 0. The molecule has 0 fully saturated rings. The molecule has 0 aromatic heterocycles. The van der Waals surface area contributed by atoms with Gasteiger partial charge in [0.25, 0.3) is 0 Å². The van der Waals surface area contributed by atoms with E-state index in [-0.39, 0.29) is 12.4 Å². The molecule has 3 aromatic rings. The van der Waals surface area contributed by atoms with E-state index in [1.165, 1.54) is 0 Å². The first kappa shape index (κ1) is 16.6. The topological polar surface area (TPSA) is 44.8 Å². The van der Waals surface area contributed by atoms with Crippen molar-refractivity contribution in [2.75, 3.05) is 7.11 Å². The van der Waals surface area contributed by atoms with Crippen molar-refractivity contribution >= 4 is 5.97 Å². The van der Waals surface area contributed by atoms with Gasteiger partial charge in [-0.2, -0.15) is 0 Å². The number of rotatable bonds is 6. The van der Waals surface area contributed by atoms with Gasteiger partial charge in [0.2, 0.25) is 0 Å². The standard InChI is InChI=1S/C21H18O4/c1-23-20-10-6-5-7-16(20)15-21(22)25-19-13-11-18(12-14-19)24-17-8-3-2-4-9-17/h2-14H,15H2,1H3. The smallest absolute Gasteiger partial charge is 0.315 e. The average molecular weight is 334 g/mol. The third-order valence-corrected chi connectivity index (χ3v) is 3.56. The van der Waals surface area contributed by atoms with Crippen LogP contribution < -0.4 is 14.2 Å². The molecule has 3 rings (SSSR count). The molecule has 3 aromatic carbocycles. The van der Waals surface area contributed by atoms with Crippen LogP contribution in [0.15, 0.2) is 78.9 Å². The average Bonchev–Trinajstić information content (AvgIpc) is 2.64. The lowest BCUT2D eigenvalue weighted by Gasteiger charge is -2.09. The number of carbonyl (C=O) groups excluding carboxylic acids is 1. The van der Waals surface area contributed by atoms with Crippen LogP contribution in [0.25, 0.3) is 0 Å². The summed E-state index contributed by atoms with van der Waals surface area (Å²) in [5.41, 5.74) is 0.791. The maximum absolute atomic E-state index is 12.1. The van der Waals surface area contributed by atoms with Gasteiger partial charge in [-0.25, -0.2) is 0 Å². The minimum Gasteiger partial charge on any atom is -0.496 e. The van der Waals surface area contributed by atoms with Crippen molar-refractivity contribution in [1.29, 1.82) is 0 Å². The molecule has 4 heteroatoms. The first-order valence-electron chi connectivity index (χ1n) is 7.90. The number of hydrogen-bond acceptors (Lipinski definition) is 4. The van der Waals surface area contributed by atoms with E-state index in [0.717, 1.165) is 11.3 Å². The van der Waals surface area contributed by atoms with E-state index >= 15 is 0 Å².